The molecule has 168 valence electrons. The van der Waals surface area contributed by atoms with Gasteiger partial charge in [-0.2, -0.15) is 0 Å². The first-order chi connectivity index (χ1) is 13.1. The van der Waals surface area contributed by atoms with Crippen LogP contribution in [0.2, 0.25) is 0 Å². The van der Waals surface area contributed by atoms with E-state index in [2.05, 4.69) is 46.9 Å². The Kier molecular flexibility index (Phi) is 14.9. The van der Waals surface area contributed by atoms with Gasteiger partial charge in [-0.3, -0.25) is 4.79 Å². The number of rotatable bonds is 18. The second kappa shape index (κ2) is 15.2. The Labute approximate surface area is 174 Å². The van der Waals surface area contributed by atoms with Crippen molar-refractivity contribution in [3.8, 4) is 0 Å². The van der Waals surface area contributed by atoms with Crippen LogP contribution in [-0.2, 0) is 14.3 Å². The molecule has 0 heterocycles. The highest BCUT2D eigenvalue weighted by atomic mass is 16.5. The Bertz CT molecular complexity index is 399. The monoisotopic (exact) mass is 400 g/mol. The molecule has 1 unspecified atom stereocenters. The first-order valence-electron chi connectivity index (χ1n) is 11.4. The van der Waals surface area contributed by atoms with Gasteiger partial charge in [0.2, 0.25) is 5.91 Å². The summed E-state index contributed by atoms with van der Waals surface area (Å²) in [6, 6.07) is 0. The number of ether oxygens (including phenoxy) is 2. The lowest BCUT2D eigenvalue weighted by atomic mass is 9.98. The zero-order chi connectivity index (χ0) is 21.5. The molecule has 3 N–H and O–H groups in total. The molecule has 0 aliphatic carbocycles. The van der Waals surface area contributed by atoms with E-state index >= 15 is 0 Å². The molecule has 0 aliphatic heterocycles. The lowest BCUT2D eigenvalue weighted by molar-refractivity contribution is -0.121. The first kappa shape index (κ1) is 27.4. The van der Waals surface area contributed by atoms with E-state index in [0.29, 0.717) is 32.0 Å². The van der Waals surface area contributed by atoms with Gasteiger partial charge >= 0.3 is 0 Å². The average Bonchev–Trinajstić information content (AvgIpc) is 2.62. The molecule has 0 fully saturated rings. The summed E-state index contributed by atoms with van der Waals surface area (Å²) in [5.74, 6) is 0.815. The molecule has 0 saturated carbocycles. The molecule has 0 rings (SSSR count). The highest BCUT2D eigenvalue weighted by Gasteiger charge is 2.25. The van der Waals surface area contributed by atoms with Crippen LogP contribution >= 0.6 is 0 Å². The molecule has 0 aromatic heterocycles. The van der Waals surface area contributed by atoms with Crippen molar-refractivity contribution in [3.05, 3.63) is 0 Å². The third kappa shape index (κ3) is 15.3. The molecular weight excluding hydrogens is 352 g/mol. The van der Waals surface area contributed by atoms with Gasteiger partial charge in [0, 0.05) is 19.6 Å². The topological polar surface area (TPSA) is 73.6 Å². The number of carbonyl (C=O) groups excluding carboxylic acids is 1. The molecule has 0 aromatic rings. The van der Waals surface area contributed by atoms with Crippen molar-refractivity contribution in [1.82, 2.24) is 5.32 Å². The van der Waals surface area contributed by atoms with E-state index in [1.54, 1.807) is 0 Å². The number of unbranched alkanes of at least 4 members (excludes halogenated alkanes) is 2. The number of hydrogen-bond acceptors (Lipinski definition) is 4. The number of amides is 1. The van der Waals surface area contributed by atoms with E-state index < -0.39 is 0 Å². The number of carbonyl (C=O) groups is 1. The van der Waals surface area contributed by atoms with Gasteiger partial charge in [0.15, 0.2) is 0 Å². The van der Waals surface area contributed by atoms with Crippen LogP contribution in [-0.4, -0.2) is 43.4 Å². The predicted octanol–water partition coefficient (Wildman–Crippen LogP) is 4.82. The van der Waals surface area contributed by atoms with Crippen LogP contribution in [0.3, 0.4) is 0 Å². The first-order valence-corrected chi connectivity index (χ1v) is 11.4. The smallest absolute Gasteiger partial charge is 0.219 e. The number of hydrogen-bond donors (Lipinski definition) is 2. The zero-order valence-electron chi connectivity index (χ0n) is 19.6. The molecule has 5 nitrogen and oxygen atoms in total. The lowest BCUT2D eigenvalue weighted by Gasteiger charge is -2.32. The quantitative estimate of drug-likeness (QED) is 0.324. The summed E-state index contributed by atoms with van der Waals surface area (Å²) in [5.41, 5.74) is 5.17. The van der Waals surface area contributed by atoms with Gasteiger partial charge in [-0.25, -0.2) is 0 Å². The van der Waals surface area contributed by atoms with Crippen molar-refractivity contribution >= 4 is 5.91 Å². The second-order valence-corrected chi connectivity index (χ2v) is 9.25. The molecule has 0 aromatic carbocycles. The molecule has 1 atom stereocenters. The largest absolute Gasteiger partial charge is 0.375 e. The van der Waals surface area contributed by atoms with E-state index in [9.17, 15) is 4.79 Å². The second-order valence-electron chi connectivity index (χ2n) is 9.25. The van der Waals surface area contributed by atoms with Gasteiger partial charge in [-0.05, 0) is 78.2 Å². The summed E-state index contributed by atoms with van der Waals surface area (Å²) in [5, 5.41) is 3.01. The Hall–Kier alpha value is -0.650. The molecule has 0 spiro atoms. The van der Waals surface area contributed by atoms with E-state index in [4.69, 9.17) is 15.2 Å². The SMILES string of the molecule is CCC(C)(CCOC(C)(C)CCCNC(=O)CCCCCN)OCCC(C)C. The normalized spacial score (nSPS) is 14.3. The van der Waals surface area contributed by atoms with Gasteiger partial charge in [0.25, 0.3) is 0 Å². The summed E-state index contributed by atoms with van der Waals surface area (Å²) in [7, 11) is 0. The van der Waals surface area contributed by atoms with Crippen molar-refractivity contribution < 1.29 is 14.3 Å². The van der Waals surface area contributed by atoms with E-state index in [0.717, 1.165) is 58.0 Å². The predicted molar refractivity (Wildman–Crippen MR) is 119 cm³/mol. The summed E-state index contributed by atoms with van der Waals surface area (Å²) < 4.78 is 12.3. The van der Waals surface area contributed by atoms with Gasteiger partial charge in [-0.15, -0.1) is 0 Å². The third-order valence-electron chi connectivity index (χ3n) is 5.40. The van der Waals surface area contributed by atoms with Crippen molar-refractivity contribution in [2.45, 2.75) is 111 Å². The van der Waals surface area contributed by atoms with Crippen LogP contribution in [0.5, 0.6) is 0 Å². The van der Waals surface area contributed by atoms with Gasteiger partial charge in [0.05, 0.1) is 17.8 Å². The zero-order valence-corrected chi connectivity index (χ0v) is 19.6. The highest BCUT2D eigenvalue weighted by Crippen LogP contribution is 2.24. The molecule has 0 radical (unpaired) electrons. The van der Waals surface area contributed by atoms with Crippen LogP contribution in [0, 0.1) is 5.92 Å². The molecule has 0 aliphatic rings. The van der Waals surface area contributed by atoms with Crippen LogP contribution in [0.1, 0.15) is 99.3 Å². The Balaban J connectivity index is 3.95. The maximum absolute atomic E-state index is 11.8. The standard InChI is InChI=1S/C23H48N2O3/c1-7-23(6,28-18-13-20(2)3)15-19-27-22(4,5)14-11-17-25-21(26)12-9-8-10-16-24/h20H,7-19,24H2,1-6H3,(H,25,26). The number of nitrogens with two attached hydrogens (primary N) is 1. The Morgan fingerprint density at radius 2 is 1.71 bits per heavy atom. The fraction of sp³-hybridized carbons (Fsp3) is 0.957. The minimum Gasteiger partial charge on any atom is -0.375 e. The average molecular weight is 401 g/mol. The molecule has 1 amide bonds. The fourth-order valence-corrected chi connectivity index (χ4v) is 2.94. The van der Waals surface area contributed by atoms with Crippen LogP contribution < -0.4 is 11.1 Å². The summed E-state index contributed by atoms with van der Waals surface area (Å²) >= 11 is 0. The van der Waals surface area contributed by atoms with Crippen molar-refractivity contribution in [1.29, 1.82) is 0 Å². The minimum atomic E-state index is -0.182. The van der Waals surface area contributed by atoms with Crippen molar-refractivity contribution in [3.63, 3.8) is 0 Å². The van der Waals surface area contributed by atoms with Crippen LogP contribution in [0.4, 0.5) is 0 Å². The fourth-order valence-electron chi connectivity index (χ4n) is 2.94. The van der Waals surface area contributed by atoms with E-state index in [1.165, 1.54) is 0 Å². The Morgan fingerprint density at radius 3 is 2.32 bits per heavy atom. The lowest BCUT2D eigenvalue weighted by Crippen LogP contribution is -2.34. The van der Waals surface area contributed by atoms with Crippen molar-refractivity contribution in [2.24, 2.45) is 11.7 Å². The maximum Gasteiger partial charge on any atom is 0.219 e. The maximum atomic E-state index is 11.8. The van der Waals surface area contributed by atoms with Gasteiger partial charge in [0.1, 0.15) is 0 Å². The van der Waals surface area contributed by atoms with Crippen LogP contribution in [0.15, 0.2) is 0 Å². The highest BCUT2D eigenvalue weighted by molar-refractivity contribution is 5.75. The summed E-state index contributed by atoms with van der Waals surface area (Å²) in [4.78, 5) is 11.8. The van der Waals surface area contributed by atoms with Crippen LogP contribution in [0.25, 0.3) is 0 Å². The van der Waals surface area contributed by atoms with E-state index in [-0.39, 0.29) is 17.1 Å². The van der Waals surface area contributed by atoms with Gasteiger partial charge in [-0.1, -0.05) is 27.2 Å². The van der Waals surface area contributed by atoms with Crippen molar-refractivity contribution in [2.75, 3.05) is 26.3 Å². The summed E-state index contributed by atoms with van der Waals surface area (Å²) in [6.07, 6.45) is 8.41. The Morgan fingerprint density at radius 1 is 1.00 bits per heavy atom. The number of nitrogens with one attached hydrogen (secondary N) is 1. The van der Waals surface area contributed by atoms with E-state index in [1.807, 2.05) is 0 Å². The third-order valence-corrected chi connectivity index (χ3v) is 5.40. The summed E-state index contributed by atoms with van der Waals surface area (Å²) in [6.45, 7) is 16.0. The molecule has 28 heavy (non-hydrogen) atoms. The molecule has 0 bridgehead atoms. The van der Waals surface area contributed by atoms with Gasteiger partial charge < -0.3 is 20.5 Å². The molecular formula is C23H48N2O3. The minimum absolute atomic E-state index is 0.108. The molecule has 5 heteroatoms. The molecule has 0 saturated heterocycles.